The van der Waals surface area contributed by atoms with Gasteiger partial charge in [-0.25, -0.2) is 4.39 Å². The third-order valence-corrected chi connectivity index (χ3v) is 2.62. The number of hydrogen-bond donors (Lipinski definition) is 2. The quantitative estimate of drug-likeness (QED) is 0.783. The summed E-state index contributed by atoms with van der Waals surface area (Å²) in [5.74, 6) is -0.216. The van der Waals surface area contributed by atoms with Crippen molar-refractivity contribution in [2.75, 3.05) is 13.1 Å². The van der Waals surface area contributed by atoms with Gasteiger partial charge in [-0.05, 0) is 17.7 Å². The van der Waals surface area contributed by atoms with Gasteiger partial charge in [0.25, 0.3) is 0 Å². The zero-order valence-corrected chi connectivity index (χ0v) is 9.62. The van der Waals surface area contributed by atoms with E-state index >= 15 is 0 Å². The first-order valence-corrected chi connectivity index (χ1v) is 5.57. The standard InChI is InChI=1S/C13H16FN3/c1-10(13-9-17(13)7-6-15)16-8-11-2-4-12(14)5-3-11/h2-5,9,16H,1,6-8,15H2. The zero-order chi connectivity index (χ0) is 12.3. The Morgan fingerprint density at radius 2 is 2.06 bits per heavy atom. The molecule has 0 amide bonds. The Hall–Kier alpha value is -1.81. The number of nitrogens with one attached hydrogen (secondary N) is 1. The van der Waals surface area contributed by atoms with Gasteiger partial charge in [-0.2, -0.15) is 0 Å². The molecule has 1 aliphatic heterocycles. The van der Waals surface area contributed by atoms with E-state index in [1.807, 2.05) is 6.20 Å². The Morgan fingerprint density at radius 1 is 1.35 bits per heavy atom. The summed E-state index contributed by atoms with van der Waals surface area (Å²) in [4.78, 5) is 2.06. The number of nitrogens with two attached hydrogens (primary N) is 1. The van der Waals surface area contributed by atoms with Crippen molar-refractivity contribution in [3.05, 3.63) is 59.8 Å². The minimum atomic E-state index is -0.216. The monoisotopic (exact) mass is 233 g/mol. The molecule has 3 N–H and O–H groups in total. The van der Waals surface area contributed by atoms with Crippen LogP contribution in [0.2, 0.25) is 0 Å². The highest BCUT2D eigenvalue weighted by atomic mass is 19.1. The number of hydrogen-bond acceptors (Lipinski definition) is 3. The lowest BCUT2D eigenvalue weighted by atomic mass is 10.2. The van der Waals surface area contributed by atoms with E-state index in [4.69, 9.17) is 5.73 Å². The van der Waals surface area contributed by atoms with Crippen LogP contribution in [0.15, 0.2) is 48.4 Å². The normalized spacial score (nSPS) is 13.3. The molecule has 0 spiro atoms. The van der Waals surface area contributed by atoms with Crippen molar-refractivity contribution in [2.24, 2.45) is 5.73 Å². The van der Waals surface area contributed by atoms with Crippen molar-refractivity contribution in [3.63, 3.8) is 0 Å². The van der Waals surface area contributed by atoms with Crippen LogP contribution in [0.3, 0.4) is 0 Å². The second kappa shape index (κ2) is 5.01. The topological polar surface area (TPSA) is 41.1 Å². The number of halogens is 1. The maximum Gasteiger partial charge on any atom is 0.123 e. The molecular weight excluding hydrogens is 217 g/mol. The van der Waals surface area contributed by atoms with E-state index in [1.165, 1.54) is 12.1 Å². The van der Waals surface area contributed by atoms with Crippen LogP contribution in [-0.4, -0.2) is 18.0 Å². The third-order valence-electron chi connectivity index (χ3n) is 2.62. The highest BCUT2D eigenvalue weighted by molar-refractivity contribution is 5.37. The predicted molar refractivity (Wildman–Crippen MR) is 66.2 cm³/mol. The summed E-state index contributed by atoms with van der Waals surface area (Å²) >= 11 is 0. The van der Waals surface area contributed by atoms with Crippen molar-refractivity contribution in [1.29, 1.82) is 0 Å². The van der Waals surface area contributed by atoms with Crippen molar-refractivity contribution in [3.8, 4) is 0 Å². The molecule has 0 unspecified atom stereocenters. The largest absolute Gasteiger partial charge is 0.380 e. The number of rotatable bonds is 6. The summed E-state index contributed by atoms with van der Waals surface area (Å²) in [6, 6.07) is 6.43. The van der Waals surface area contributed by atoms with E-state index < -0.39 is 0 Å². The molecule has 0 aromatic heterocycles. The minimum Gasteiger partial charge on any atom is -0.380 e. The molecule has 1 aliphatic rings. The molecule has 0 bridgehead atoms. The Morgan fingerprint density at radius 3 is 2.71 bits per heavy atom. The Balaban J connectivity index is 1.77. The summed E-state index contributed by atoms with van der Waals surface area (Å²) < 4.78 is 12.7. The average molecular weight is 233 g/mol. The second-order valence-electron chi connectivity index (χ2n) is 3.95. The third kappa shape index (κ3) is 3.07. The van der Waals surface area contributed by atoms with Crippen LogP contribution in [0.5, 0.6) is 0 Å². The van der Waals surface area contributed by atoms with Gasteiger partial charge in [-0.1, -0.05) is 18.7 Å². The van der Waals surface area contributed by atoms with E-state index in [1.54, 1.807) is 12.1 Å². The molecule has 1 heterocycles. The summed E-state index contributed by atoms with van der Waals surface area (Å²) in [5.41, 5.74) is 8.45. The maximum absolute atomic E-state index is 12.7. The van der Waals surface area contributed by atoms with Gasteiger partial charge in [0.1, 0.15) is 5.82 Å². The molecule has 0 saturated heterocycles. The summed E-state index contributed by atoms with van der Waals surface area (Å²) in [7, 11) is 0. The van der Waals surface area contributed by atoms with E-state index in [-0.39, 0.29) is 5.82 Å². The van der Waals surface area contributed by atoms with Gasteiger partial charge >= 0.3 is 0 Å². The number of nitrogens with zero attached hydrogens (tertiary/aromatic N) is 1. The van der Waals surface area contributed by atoms with E-state index in [9.17, 15) is 4.39 Å². The van der Waals surface area contributed by atoms with Crippen LogP contribution < -0.4 is 11.1 Å². The van der Waals surface area contributed by atoms with Crippen LogP contribution in [0.1, 0.15) is 5.56 Å². The smallest absolute Gasteiger partial charge is 0.123 e. The fourth-order valence-corrected chi connectivity index (χ4v) is 1.60. The van der Waals surface area contributed by atoms with E-state index in [0.717, 1.165) is 23.5 Å². The molecule has 0 saturated carbocycles. The fourth-order valence-electron chi connectivity index (χ4n) is 1.60. The molecular formula is C13H16FN3. The van der Waals surface area contributed by atoms with Crippen LogP contribution in [0, 0.1) is 5.82 Å². The molecule has 0 aliphatic carbocycles. The lowest BCUT2D eigenvalue weighted by molar-refractivity contribution is 0.582. The summed E-state index contributed by atoms with van der Waals surface area (Å²) in [6.07, 6.45) is 2.01. The summed E-state index contributed by atoms with van der Waals surface area (Å²) in [6.45, 7) is 6.05. The molecule has 0 fully saturated rings. The van der Waals surface area contributed by atoms with E-state index in [0.29, 0.717) is 13.1 Å². The number of benzene rings is 1. The molecule has 0 radical (unpaired) electrons. The van der Waals surface area contributed by atoms with Gasteiger partial charge < -0.3 is 16.0 Å². The molecule has 1 aromatic carbocycles. The first-order chi connectivity index (χ1) is 8.20. The van der Waals surface area contributed by atoms with Crippen molar-refractivity contribution >= 4 is 0 Å². The van der Waals surface area contributed by atoms with Gasteiger partial charge in [0.2, 0.25) is 0 Å². The second-order valence-corrected chi connectivity index (χ2v) is 3.95. The van der Waals surface area contributed by atoms with Gasteiger partial charge in [0, 0.05) is 25.8 Å². The Labute approximate surface area is 100 Å². The highest BCUT2D eigenvalue weighted by Gasteiger charge is 2.21. The van der Waals surface area contributed by atoms with Crippen LogP contribution in [0.25, 0.3) is 0 Å². The van der Waals surface area contributed by atoms with Crippen molar-refractivity contribution < 1.29 is 4.39 Å². The minimum absolute atomic E-state index is 0.216. The molecule has 17 heavy (non-hydrogen) atoms. The predicted octanol–water partition coefficient (Wildman–Crippen LogP) is 1.54. The molecule has 90 valence electrons. The SMILES string of the molecule is C=C(NCc1ccc(F)cc1)C1=CN1CCN. The molecule has 0 atom stereocenters. The van der Waals surface area contributed by atoms with Gasteiger partial charge in [0.15, 0.2) is 0 Å². The van der Waals surface area contributed by atoms with Gasteiger partial charge in [-0.3, -0.25) is 0 Å². The molecule has 4 heteroatoms. The maximum atomic E-state index is 12.7. The molecule has 3 nitrogen and oxygen atoms in total. The zero-order valence-electron chi connectivity index (χ0n) is 9.62. The lowest BCUT2D eigenvalue weighted by Gasteiger charge is -2.09. The van der Waals surface area contributed by atoms with Crippen molar-refractivity contribution in [1.82, 2.24) is 10.2 Å². The van der Waals surface area contributed by atoms with E-state index in [2.05, 4.69) is 16.8 Å². The van der Waals surface area contributed by atoms with Gasteiger partial charge in [-0.15, -0.1) is 0 Å². The lowest BCUT2D eigenvalue weighted by Crippen LogP contribution is -2.18. The van der Waals surface area contributed by atoms with Crippen LogP contribution in [-0.2, 0) is 6.54 Å². The molecule has 2 rings (SSSR count). The fraction of sp³-hybridized carbons (Fsp3) is 0.231. The highest BCUT2D eigenvalue weighted by Crippen LogP contribution is 2.25. The van der Waals surface area contributed by atoms with Crippen LogP contribution >= 0.6 is 0 Å². The first kappa shape index (κ1) is 11.7. The van der Waals surface area contributed by atoms with Crippen LogP contribution in [0.4, 0.5) is 4.39 Å². The Bertz CT molecular complexity index is 436. The van der Waals surface area contributed by atoms with Gasteiger partial charge in [0.05, 0.1) is 11.4 Å². The van der Waals surface area contributed by atoms with Crippen molar-refractivity contribution in [2.45, 2.75) is 6.54 Å². The molecule has 1 aromatic rings. The first-order valence-electron chi connectivity index (χ1n) is 5.57. The Kier molecular flexibility index (Phi) is 3.44. The average Bonchev–Trinajstić information content (AvgIpc) is 3.08. The summed E-state index contributed by atoms with van der Waals surface area (Å²) in [5, 5.41) is 3.20.